The number of benzene rings is 2. The second-order valence-electron chi connectivity index (χ2n) is 4.52. The Hall–Kier alpha value is -2.28. The molecule has 0 amide bonds. The van der Waals surface area contributed by atoms with Crippen LogP contribution in [0.3, 0.4) is 0 Å². The van der Waals surface area contributed by atoms with Gasteiger partial charge in [-0.25, -0.2) is 0 Å². The first kappa shape index (κ1) is 10.8. The van der Waals surface area contributed by atoms with E-state index in [4.69, 9.17) is 0 Å². The molecule has 0 aliphatic carbocycles. The first-order valence-electron chi connectivity index (χ1n) is 6.01. The fourth-order valence-electron chi connectivity index (χ4n) is 2.49. The van der Waals surface area contributed by atoms with Gasteiger partial charge in [-0.15, -0.1) is 0 Å². The third kappa shape index (κ3) is 1.41. The third-order valence-electron chi connectivity index (χ3n) is 3.53. The third-order valence-corrected chi connectivity index (χ3v) is 3.53. The first-order chi connectivity index (χ1) is 8.74. The minimum Gasteiger partial charge on any atom is -0.344 e. The second-order valence-corrected chi connectivity index (χ2v) is 4.52. The average Bonchev–Trinajstić information content (AvgIpc) is 2.71. The van der Waals surface area contributed by atoms with E-state index >= 15 is 0 Å². The van der Waals surface area contributed by atoms with Crippen molar-refractivity contribution in [1.82, 2.24) is 4.57 Å². The largest absolute Gasteiger partial charge is 0.344 e. The SMILES string of the molecule is C=Cc1ccc2c3ccc(C=C)cc3n(C)c2c1. The molecule has 0 aliphatic rings. The molecule has 0 saturated heterocycles. The van der Waals surface area contributed by atoms with E-state index in [9.17, 15) is 0 Å². The van der Waals surface area contributed by atoms with Gasteiger partial charge >= 0.3 is 0 Å². The fourth-order valence-corrected chi connectivity index (χ4v) is 2.49. The molecule has 1 heterocycles. The summed E-state index contributed by atoms with van der Waals surface area (Å²) in [5, 5.41) is 2.57. The van der Waals surface area contributed by atoms with E-state index < -0.39 is 0 Å². The van der Waals surface area contributed by atoms with Crippen molar-refractivity contribution in [2.75, 3.05) is 0 Å². The zero-order valence-electron chi connectivity index (χ0n) is 10.5. The van der Waals surface area contributed by atoms with Crippen LogP contribution >= 0.6 is 0 Å². The van der Waals surface area contributed by atoms with Crippen LogP contribution in [0.2, 0.25) is 0 Å². The van der Waals surface area contributed by atoms with Crippen molar-refractivity contribution in [3.8, 4) is 0 Å². The number of fused-ring (bicyclic) bond motifs is 3. The number of aryl methyl sites for hydroxylation is 1. The van der Waals surface area contributed by atoms with Crippen LogP contribution in [-0.4, -0.2) is 4.57 Å². The van der Waals surface area contributed by atoms with Crippen LogP contribution in [-0.2, 0) is 7.05 Å². The Bertz CT molecular complexity index is 710. The number of aromatic nitrogens is 1. The molecule has 2 aromatic carbocycles. The van der Waals surface area contributed by atoms with Crippen molar-refractivity contribution >= 4 is 34.0 Å². The van der Waals surface area contributed by atoms with Crippen LogP contribution in [0.25, 0.3) is 34.0 Å². The predicted molar refractivity (Wildman–Crippen MR) is 80.6 cm³/mol. The van der Waals surface area contributed by atoms with Crippen molar-refractivity contribution in [3.05, 3.63) is 60.7 Å². The van der Waals surface area contributed by atoms with Crippen LogP contribution in [0, 0.1) is 0 Å². The van der Waals surface area contributed by atoms with Gasteiger partial charge in [0.1, 0.15) is 0 Å². The summed E-state index contributed by atoms with van der Waals surface area (Å²) in [5.41, 5.74) is 4.78. The van der Waals surface area contributed by atoms with E-state index in [1.54, 1.807) is 0 Å². The van der Waals surface area contributed by atoms with Crippen LogP contribution in [0.5, 0.6) is 0 Å². The molecule has 0 saturated carbocycles. The maximum Gasteiger partial charge on any atom is 0.0494 e. The summed E-state index contributed by atoms with van der Waals surface area (Å²) in [4.78, 5) is 0. The minimum atomic E-state index is 1.15. The topological polar surface area (TPSA) is 4.93 Å². The van der Waals surface area contributed by atoms with E-state index in [0.29, 0.717) is 0 Å². The van der Waals surface area contributed by atoms with Crippen LogP contribution < -0.4 is 0 Å². The minimum absolute atomic E-state index is 1.15. The second kappa shape index (κ2) is 3.88. The Kier molecular flexibility index (Phi) is 2.34. The maximum absolute atomic E-state index is 3.83. The molecule has 3 aromatic rings. The first-order valence-corrected chi connectivity index (χ1v) is 6.01. The molecule has 18 heavy (non-hydrogen) atoms. The van der Waals surface area contributed by atoms with E-state index in [1.807, 2.05) is 12.2 Å². The van der Waals surface area contributed by atoms with E-state index in [-0.39, 0.29) is 0 Å². The van der Waals surface area contributed by atoms with Gasteiger partial charge in [0.05, 0.1) is 0 Å². The molecule has 0 bridgehead atoms. The fraction of sp³-hybridized carbons (Fsp3) is 0.0588. The van der Waals surface area contributed by atoms with Crippen LogP contribution in [0.4, 0.5) is 0 Å². The lowest BCUT2D eigenvalue weighted by Gasteiger charge is -1.99. The number of hydrogen-bond donors (Lipinski definition) is 0. The summed E-state index contributed by atoms with van der Waals surface area (Å²) < 4.78 is 2.23. The predicted octanol–water partition coefficient (Wildman–Crippen LogP) is 4.62. The van der Waals surface area contributed by atoms with Gasteiger partial charge in [-0.3, -0.25) is 0 Å². The lowest BCUT2D eigenvalue weighted by molar-refractivity contribution is 1.01. The zero-order valence-corrected chi connectivity index (χ0v) is 10.5. The molecule has 0 atom stereocenters. The molecule has 0 aliphatic heterocycles. The smallest absolute Gasteiger partial charge is 0.0494 e. The summed E-state index contributed by atoms with van der Waals surface area (Å²) in [6.07, 6.45) is 3.76. The summed E-state index contributed by atoms with van der Waals surface area (Å²) in [6.45, 7) is 7.65. The lowest BCUT2D eigenvalue weighted by atomic mass is 10.1. The summed E-state index contributed by atoms with van der Waals surface area (Å²) in [5.74, 6) is 0. The highest BCUT2D eigenvalue weighted by Crippen LogP contribution is 2.29. The highest BCUT2D eigenvalue weighted by Gasteiger charge is 2.08. The Morgan fingerprint density at radius 3 is 1.67 bits per heavy atom. The zero-order chi connectivity index (χ0) is 12.7. The molecule has 1 nitrogen and oxygen atoms in total. The highest BCUT2D eigenvalue weighted by molar-refractivity contribution is 6.08. The van der Waals surface area contributed by atoms with Crippen molar-refractivity contribution in [2.24, 2.45) is 7.05 Å². The van der Waals surface area contributed by atoms with Gasteiger partial charge in [0.25, 0.3) is 0 Å². The molecule has 0 fully saturated rings. The van der Waals surface area contributed by atoms with Gasteiger partial charge in [-0.05, 0) is 23.3 Å². The average molecular weight is 233 g/mol. The van der Waals surface area contributed by atoms with Crippen molar-refractivity contribution in [2.45, 2.75) is 0 Å². The van der Waals surface area contributed by atoms with Crippen LogP contribution in [0.15, 0.2) is 49.6 Å². The molecule has 1 heteroatoms. The Morgan fingerprint density at radius 1 is 0.833 bits per heavy atom. The van der Waals surface area contributed by atoms with Gasteiger partial charge in [-0.2, -0.15) is 0 Å². The Labute approximate surface area is 107 Å². The number of nitrogens with zero attached hydrogens (tertiary/aromatic N) is 1. The van der Waals surface area contributed by atoms with E-state index in [2.05, 4.69) is 61.2 Å². The molecule has 1 aromatic heterocycles. The quantitative estimate of drug-likeness (QED) is 0.608. The van der Waals surface area contributed by atoms with Crippen molar-refractivity contribution in [3.63, 3.8) is 0 Å². The maximum atomic E-state index is 3.83. The monoisotopic (exact) mass is 233 g/mol. The molecule has 0 radical (unpaired) electrons. The summed E-state index contributed by atoms with van der Waals surface area (Å²) in [6, 6.07) is 12.9. The van der Waals surface area contributed by atoms with E-state index in [1.165, 1.54) is 21.8 Å². The van der Waals surface area contributed by atoms with Gasteiger partial charge in [0, 0.05) is 28.9 Å². The lowest BCUT2D eigenvalue weighted by Crippen LogP contribution is -1.87. The molecule has 0 unspecified atom stereocenters. The Balaban J connectivity index is 2.48. The Morgan fingerprint density at radius 2 is 1.28 bits per heavy atom. The highest BCUT2D eigenvalue weighted by atomic mass is 14.9. The molecule has 0 N–H and O–H groups in total. The molecule has 0 spiro atoms. The normalized spacial score (nSPS) is 10.9. The van der Waals surface area contributed by atoms with Gasteiger partial charge < -0.3 is 4.57 Å². The van der Waals surface area contributed by atoms with Crippen LogP contribution in [0.1, 0.15) is 11.1 Å². The molecular formula is C17H15N. The number of hydrogen-bond acceptors (Lipinski definition) is 0. The molecule has 88 valence electrons. The van der Waals surface area contributed by atoms with Crippen molar-refractivity contribution < 1.29 is 0 Å². The van der Waals surface area contributed by atoms with Gasteiger partial charge in [0.15, 0.2) is 0 Å². The van der Waals surface area contributed by atoms with E-state index in [0.717, 1.165) is 11.1 Å². The molecular weight excluding hydrogens is 218 g/mol. The van der Waals surface area contributed by atoms with Crippen molar-refractivity contribution in [1.29, 1.82) is 0 Å². The van der Waals surface area contributed by atoms with Gasteiger partial charge in [-0.1, -0.05) is 49.6 Å². The standard InChI is InChI=1S/C17H15N/c1-4-12-6-8-14-15-9-7-13(5-2)11-17(15)18(3)16(14)10-12/h4-11H,1-2H2,3H3. The summed E-state index contributed by atoms with van der Waals surface area (Å²) >= 11 is 0. The summed E-state index contributed by atoms with van der Waals surface area (Å²) in [7, 11) is 2.10. The number of rotatable bonds is 2. The van der Waals surface area contributed by atoms with Gasteiger partial charge in [0.2, 0.25) is 0 Å². The molecule has 3 rings (SSSR count).